The summed E-state index contributed by atoms with van der Waals surface area (Å²) >= 11 is 0. The topological polar surface area (TPSA) is 99.9 Å². The van der Waals surface area contributed by atoms with Crippen LogP contribution in [0, 0.1) is 0 Å². The third-order valence-electron chi connectivity index (χ3n) is 6.48. The fourth-order valence-electron chi connectivity index (χ4n) is 4.78. The predicted octanol–water partition coefficient (Wildman–Crippen LogP) is 5.11. The molecule has 1 aliphatic carbocycles. The number of hydrogen-bond acceptors (Lipinski definition) is 4. The number of nitrogens with one attached hydrogen (secondary N) is 2. The van der Waals surface area contributed by atoms with Crippen LogP contribution in [0.3, 0.4) is 0 Å². The zero-order valence-corrected chi connectivity index (χ0v) is 18.5. The van der Waals surface area contributed by atoms with E-state index in [-0.39, 0.29) is 50.9 Å². The molecule has 0 fully saturated rings. The number of aromatic amines is 2. The summed E-state index contributed by atoms with van der Waals surface area (Å²) in [6.07, 6.45) is 6.87. The molecule has 6 rings (SSSR count). The van der Waals surface area contributed by atoms with Gasteiger partial charge in [0.05, 0.1) is 33.0 Å². The zero-order valence-electron chi connectivity index (χ0n) is 18.5. The van der Waals surface area contributed by atoms with E-state index in [4.69, 9.17) is 0 Å². The van der Waals surface area contributed by atoms with Gasteiger partial charge >= 0.3 is 0 Å². The molecule has 0 saturated heterocycles. The quantitative estimate of drug-likeness (QED) is 0.191. The normalized spacial score (nSPS) is 16.2. The number of fused-ring (bicyclic) bond motifs is 7. The second kappa shape index (κ2) is 7.60. The predicted molar refractivity (Wildman–Crippen MR) is 138 cm³/mol. The Balaban J connectivity index is 1.74. The van der Waals surface area contributed by atoms with Gasteiger partial charge in [-0.2, -0.15) is 0 Å². The molecular weight excluding hydrogens is 440 g/mol. The molecule has 0 saturated carbocycles. The molecule has 168 valence electrons. The molecular formula is C29H18N2O4. The Labute approximate surface area is 197 Å². The van der Waals surface area contributed by atoms with Crippen molar-refractivity contribution in [2.45, 2.75) is 6.42 Å². The van der Waals surface area contributed by atoms with Crippen LogP contribution in [0.1, 0.15) is 27.1 Å². The van der Waals surface area contributed by atoms with E-state index in [1.165, 1.54) is 0 Å². The van der Waals surface area contributed by atoms with E-state index < -0.39 is 0 Å². The molecule has 6 nitrogen and oxygen atoms in total. The SMILES string of the molecule is C=C1/C=C\C=C/CC(=O)c2c(ccc3[nH]c4c(ccc5c(=O)c6ccccc6c(=O)c54)[nH]c23)C1=O. The van der Waals surface area contributed by atoms with E-state index in [0.29, 0.717) is 38.2 Å². The van der Waals surface area contributed by atoms with Crippen molar-refractivity contribution in [3.05, 3.63) is 117 Å². The highest BCUT2D eigenvalue weighted by atomic mass is 16.1. The molecule has 1 heterocycles. The Morgan fingerprint density at radius 2 is 1.40 bits per heavy atom. The summed E-state index contributed by atoms with van der Waals surface area (Å²) < 4.78 is 0. The Morgan fingerprint density at radius 3 is 2.20 bits per heavy atom. The van der Waals surface area contributed by atoms with Crippen molar-refractivity contribution in [3.8, 4) is 0 Å². The minimum atomic E-state index is -0.335. The summed E-state index contributed by atoms with van der Waals surface area (Å²) in [6.45, 7) is 3.84. The Kier molecular flexibility index (Phi) is 4.50. The number of ketones is 2. The molecule has 0 spiro atoms. The van der Waals surface area contributed by atoms with Crippen LogP contribution in [0.4, 0.5) is 0 Å². The number of H-pyrrole nitrogens is 2. The smallest absolute Gasteiger partial charge is 0.196 e. The number of aromatic nitrogens is 2. The van der Waals surface area contributed by atoms with Gasteiger partial charge < -0.3 is 9.97 Å². The molecule has 0 bridgehead atoms. The first-order chi connectivity index (χ1) is 17.0. The number of rotatable bonds is 0. The van der Waals surface area contributed by atoms with Crippen molar-refractivity contribution in [3.63, 3.8) is 0 Å². The lowest BCUT2D eigenvalue weighted by molar-refractivity contribution is 0.0979. The number of carbonyl (C=O) groups is 2. The summed E-state index contributed by atoms with van der Waals surface area (Å²) in [5, 5.41) is 1.35. The van der Waals surface area contributed by atoms with Crippen LogP contribution in [-0.2, 0) is 0 Å². The van der Waals surface area contributed by atoms with E-state index in [1.54, 1.807) is 72.8 Å². The third kappa shape index (κ3) is 3.04. The van der Waals surface area contributed by atoms with Crippen molar-refractivity contribution in [1.29, 1.82) is 0 Å². The minimum Gasteiger partial charge on any atom is -0.351 e. The van der Waals surface area contributed by atoms with Gasteiger partial charge in [-0.05, 0) is 24.3 Å². The average molecular weight is 458 g/mol. The Bertz CT molecular complexity index is 1970. The number of allylic oxidation sites excluding steroid dienone is 5. The first kappa shape index (κ1) is 20.7. The van der Waals surface area contributed by atoms with Crippen molar-refractivity contribution in [1.82, 2.24) is 9.97 Å². The van der Waals surface area contributed by atoms with E-state index >= 15 is 0 Å². The molecule has 0 aliphatic heterocycles. The highest BCUT2D eigenvalue weighted by Crippen LogP contribution is 2.28. The van der Waals surface area contributed by atoms with E-state index in [1.807, 2.05) is 0 Å². The van der Waals surface area contributed by atoms with Gasteiger partial charge in [0.2, 0.25) is 0 Å². The summed E-state index contributed by atoms with van der Waals surface area (Å²) in [5.41, 5.74) is 2.32. The molecule has 35 heavy (non-hydrogen) atoms. The maximum Gasteiger partial charge on any atom is 0.196 e. The molecule has 5 aromatic rings. The minimum absolute atomic E-state index is 0.121. The van der Waals surface area contributed by atoms with Gasteiger partial charge in [0.15, 0.2) is 22.4 Å². The average Bonchev–Trinajstić information content (AvgIpc) is 2.88. The van der Waals surface area contributed by atoms with Crippen LogP contribution in [0.2, 0.25) is 0 Å². The summed E-state index contributed by atoms with van der Waals surface area (Å²) in [7, 11) is 0. The Morgan fingerprint density at radius 1 is 0.714 bits per heavy atom. The fraction of sp³-hybridized carbons (Fsp3) is 0.0345. The first-order valence-corrected chi connectivity index (χ1v) is 11.1. The molecule has 0 amide bonds. The summed E-state index contributed by atoms with van der Waals surface area (Å²) in [5.74, 6) is -0.557. The second-order valence-electron chi connectivity index (χ2n) is 8.54. The van der Waals surface area contributed by atoms with Crippen molar-refractivity contribution < 1.29 is 9.59 Å². The largest absolute Gasteiger partial charge is 0.351 e. The molecule has 4 aromatic carbocycles. The van der Waals surface area contributed by atoms with Crippen LogP contribution >= 0.6 is 0 Å². The van der Waals surface area contributed by atoms with Crippen LogP contribution in [0.15, 0.2) is 94.6 Å². The molecule has 0 unspecified atom stereocenters. The van der Waals surface area contributed by atoms with Gasteiger partial charge in [0.1, 0.15) is 0 Å². The fourth-order valence-corrected chi connectivity index (χ4v) is 4.78. The lowest BCUT2D eigenvalue weighted by atomic mass is 9.92. The van der Waals surface area contributed by atoms with Crippen molar-refractivity contribution in [2.75, 3.05) is 0 Å². The van der Waals surface area contributed by atoms with Gasteiger partial charge in [-0.1, -0.05) is 55.1 Å². The second-order valence-corrected chi connectivity index (χ2v) is 8.54. The van der Waals surface area contributed by atoms with Crippen LogP contribution in [-0.4, -0.2) is 21.5 Å². The summed E-state index contributed by atoms with van der Waals surface area (Å²) in [4.78, 5) is 59.3. The lowest BCUT2D eigenvalue weighted by Crippen LogP contribution is -2.14. The maximum absolute atomic E-state index is 13.4. The van der Waals surface area contributed by atoms with Crippen molar-refractivity contribution in [2.24, 2.45) is 0 Å². The molecule has 2 N–H and O–H groups in total. The van der Waals surface area contributed by atoms with Crippen LogP contribution in [0.5, 0.6) is 0 Å². The number of carbonyl (C=O) groups excluding carboxylic acids is 2. The van der Waals surface area contributed by atoms with Gasteiger partial charge in [0, 0.05) is 33.7 Å². The van der Waals surface area contributed by atoms with Gasteiger partial charge in [-0.15, -0.1) is 0 Å². The first-order valence-electron chi connectivity index (χ1n) is 11.1. The lowest BCUT2D eigenvalue weighted by Gasteiger charge is -2.14. The van der Waals surface area contributed by atoms with Gasteiger partial charge in [-0.25, -0.2) is 0 Å². The Hall–Kier alpha value is -4.84. The molecule has 6 heteroatoms. The maximum atomic E-state index is 13.4. The number of hydrogen-bond donors (Lipinski definition) is 2. The third-order valence-corrected chi connectivity index (χ3v) is 6.48. The number of Topliss-reactive ketones (excluding diaryl/α,β-unsaturated/α-hetero) is 2. The molecule has 1 aliphatic rings. The monoisotopic (exact) mass is 458 g/mol. The highest BCUT2D eigenvalue weighted by Gasteiger charge is 2.23. The molecule has 0 atom stereocenters. The molecule has 0 radical (unpaired) electrons. The standard InChI is InChI=1S/C29H18N2O4/c1-15-7-3-2-4-10-22(32)23-18(27(15)33)11-13-20-25(23)30-21-14-12-19-24(26(21)31-20)29(35)17-9-6-5-8-16(17)28(19)34/h2-9,11-14,30-31H,1,10H2/b4-2-,7-3-. The van der Waals surface area contributed by atoms with E-state index in [0.717, 1.165) is 0 Å². The van der Waals surface area contributed by atoms with Gasteiger partial charge in [0.25, 0.3) is 0 Å². The van der Waals surface area contributed by atoms with Crippen LogP contribution in [0.25, 0.3) is 43.6 Å². The van der Waals surface area contributed by atoms with Crippen molar-refractivity contribution >= 4 is 55.2 Å². The zero-order chi connectivity index (χ0) is 24.3. The van der Waals surface area contributed by atoms with Crippen LogP contribution < -0.4 is 10.9 Å². The van der Waals surface area contributed by atoms with E-state index in [2.05, 4.69) is 16.5 Å². The van der Waals surface area contributed by atoms with E-state index in [9.17, 15) is 19.2 Å². The van der Waals surface area contributed by atoms with Gasteiger partial charge in [-0.3, -0.25) is 19.2 Å². The molecule has 1 aromatic heterocycles. The highest BCUT2D eigenvalue weighted by molar-refractivity contribution is 6.21. The summed E-state index contributed by atoms with van der Waals surface area (Å²) in [6, 6.07) is 13.4. The number of benzene rings is 4.